The van der Waals surface area contributed by atoms with Crippen molar-refractivity contribution in [3.8, 4) is 11.1 Å². The van der Waals surface area contributed by atoms with E-state index < -0.39 is 16.1 Å². The molecule has 282 valence electrons. The van der Waals surface area contributed by atoms with Crippen molar-refractivity contribution in [2.75, 3.05) is 9.80 Å². The highest BCUT2D eigenvalue weighted by atomic mass is 28.4. The minimum atomic E-state index is -2.06. The Morgan fingerprint density at radius 3 is 1.49 bits per heavy atom. The van der Waals surface area contributed by atoms with E-state index in [0.29, 0.717) is 0 Å². The second-order valence-electron chi connectivity index (χ2n) is 17.9. The van der Waals surface area contributed by atoms with Gasteiger partial charge in [-0.2, -0.15) is 0 Å². The van der Waals surface area contributed by atoms with E-state index in [1.165, 1.54) is 77.8 Å². The minimum absolute atomic E-state index is 0.0757. The molecular weight excluding hydrogens is 721 g/mol. The molecule has 0 aromatic heterocycles. The molecule has 0 saturated carbocycles. The van der Waals surface area contributed by atoms with Crippen LogP contribution >= 0.6 is 0 Å². The first-order valence-electron chi connectivity index (χ1n) is 20.4. The lowest BCUT2D eigenvalue weighted by molar-refractivity contribution is 0.962. The number of para-hydroxylation sites is 4. The highest BCUT2D eigenvalue weighted by molar-refractivity contribution is 7.00. The Hall–Kier alpha value is -5.69. The zero-order chi connectivity index (χ0) is 39.7. The maximum atomic E-state index is 2.64. The first-order chi connectivity index (χ1) is 27.4. The van der Waals surface area contributed by atoms with Gasteiger partial charge in [0.05, 0.1) is 21.8 Å². The van der Waals surface area contributed by atoms with Crippen molar-refractivity contribution in [1.82, 2.24) is 0 Å². The fourth-order valence-electron chi connectivity index (χ4n) is 10.6. The van der Waals surface area contributed by atoms with E-state index in [-0.39, 0.29) is 4.66 Å². The van der Waals surface area contributed by atoms with Crippen LogP contribution < -0.4 is 9.80 Å². The van der Waals surface area contributed by atoms with Crippen molar-refractivity contribution in [1.29, 1.82) is 0 Å². The van der Waals surface area contributed by atoms with Crippen molar-refractivity contribution in [2.45, 2.75) is 57.8 Å². The Bertz CT molecular complexity index is 2780. The fourth-order valence-corrected chi connectivity index (χ4v) is 23.7. The summed E-state index contributed by atoms with van der Waals surface area (Å²) in [5.41, 5.74) is 15.6. The standard InChI is InChI=1S/C53H52N2Si2/c1-37-21-15-19-29-48(37)54(40-23-11-9-12-24-40)42-32-34-43-39(35-42)31-33-46-51-45-28-18-17-27-44(45)50(36-47(51)53(52(43)46,56(3,4)5)57(6,7)8)55(41-25-13-10-14-26-41)49-30-20-16-22-38(49)2/h9-36H,1-8H3. The van der Waals surface area contributed by atoms with Crippen molar-refractivity contribution in [3.63, 3.8) is 0 Å². The molecule has 0 aliphatic heterocycles. The molecular formula is C53H52N2Si2. The van der Waals surface area contributed by atoms with Crippen LogP contribution in [0.25, 0.3) is 32.7 Å². The van der Waals surface area contributed by atoms with Gasteiger partial charge < -0.3 is 9.80 Å². The molecule has 0 N–H and O–H groups in total. The number of rotatable bonds is 8. The third-order valence-corrected chi connectivity index (χ3v) is 22.6. The smallest absolute Gasteiger partial charge is 0.0579 e. The topological polar surface area (TPSA) is 6.48 Å². The number of hydrogen-bond acceptors (Lipinski definition) is 2. The number of hydrogen-bond donors (Lipinski definition) is 0. The maximum Gasteiger partial charge on any atom is 0.0579 e. The van der Waals surface area contributed by atoms with Crippen LogP contribution in [0.5, 0.6) is 0 Å². The highest BCUT2D eigenvalue weighted by Crippen LogP contribution is 2.62. The van der Waals surface area contributed by atoms with Crippen molar-refractivity contribution in [3.05, 3.63) is 192 Å². The number of nitrogens with zero attached hydrogens (tertiary/aromatic N) is 2. The summed E-state index contributed by atoms with van der Waals surface area (Å²) >= 11 is 0. The normalized spacial score (nSPS) is 13.4. The fraction of sp³-hybridized carbons (Fsp3) is 0.170. The average molecular weight is 773 g/mol. The lowest BCUT2D eigenvalue weighted by Crippen LogP contribution is -2.63. The summed E-state index contributed by atoms with van der Waals surface area (Å²) in [5.74, 6) is 0. The molecule has 0 unspecified atom stereocenters. The lowest BCUT2D eigenvalue weighted by Gasteiger charge is -2.52. The molecule has 0 bridgehead atoms. The quantitative estimate of drug-likeness (QED) is 0.142. The Labute approximate surface area is 341 Å². The third-order valence-electron chi connectivity index (χ3n) is 12.6. The van der Waals surface area contributed by atoms with Gasteiger partial charge in [-0.1, -0.05) is 155 Å². The molecule has 2 nitrogen and oxygen atoms in total. The van der Waals surface area contributed by atoms with Gasteiger partial charge in [0.1, 0.15) is 0 Å². The third kappa shape index (κ3) is 5.72. The molecule has 0 spiro atoms. The number of fused-ring (bicyclic) bond motifs is 7. The minimum Gasteiger partial charge on any atom is -0.310 e. The molecule has 8 aromatic carbocycles. The first kappa shape index (κ1) is 36.9. The van der Waals surface area contributed by atoms with Crippen LogP contribution in [-0.4, -0.2) is 16.1 Å². The average Bonchev–Trinajstić information content (AvgIpc) is 3.53. The van der Waals surface area contributed by atoms with Crippen molar-refractivity contribution >= 4 is 71.8 Å². The molecule has 0 fully saturated rings. The maximum absolute atomic E-state index is 2.64. The molecule has 1 aliphatic carbocycles. The molecule has 0 amide bonds. The van der Waals surface area contributed by atoms with Gasteiger partial charge in [0, 0.05) is 38.5 Å². The summed E-state index contributed by atoms with van der Waals surface area (Å²) in [5, 5.41) is 5.30. The van der Waals surface area contributed by atoms with E-state index in [1.54, 1.807) is 5.56 Å². The molecule has 9 rings (SSSR count). The van der Waals surface area contributed by atoms with Gasteiger partial charge in [-0.25, -0.2) is 0 Å². The van der Waals surface area contributed by atoms with Crippen LogP contribution in [0.1, 0.15) is 22.3 Å². The van der Waals surface area contributed by atoms with Crippen LogP contribution in [0.4, 0.5) is 34.1 Å². The van der Waals surface area contributed by atoms with E-state index in [2.05, 4.69) is 233 Å². The van der Waals surface area contributed by atoms with E-state index >= 15 is 0 Å². The lowest BCUT2D eigenvalue weighted by atomic mass is 9.94. The van der Waals surface area contributed by atoms with E-state index in [1.807, 2.05) is 0 Å². The molecule has 1 aliphatic rings. The first-order valence-corrected chi connectivity index (χ1v) is 27.4. The summed E-state index contributed by atoms with van der Waals surface area (Å²) in [6.45, 7) is 20.3. The molecule has 0 atom stereocenters. The number of aryl methyl sites for hydroxylation is 2. The van der Waals surface area contributed by atoms with Crippen LogP contribution in [0, 0.1) is 13.8 Å². The summed E-state index contributed by atoms with van der Waals surface area (Å²) in [4.78, 5) is 4.94. The molecule has 0 radical (unpaired) electrons. The van der Waals surface area contributed by atoms with E-state index in [0.717, 1.165) is 5.69 Å². The number of anilines is 6. The highest BCUT2D eigenvalue weighted by Gasteiger charge is 2.60. The molecule has 0 heterocycles. The molecule has 8 aromatic rings. The second kappa shape index (κ2) is 13.8. The van der Waals surface area contributed by atoms with Crippen LogP contribution in [0.15, 0.2) is 170 Å². The van der Waals surface area contributed by atoms with Gasteiger partial charge in [0.2, 0.25) is 0 Å². The van der Waals surface area contributed by atoms with E-state index in [4.69, 9.17) is 0 Å². The van der Waals surface area contributed by atoms with Crippen LogP contribution in [0.3, 0.4) is 0 Å². The van der Waals surface area contributed by atoms with Crippen molar-refractivity contribution < 1.29 is 0 Å². The summed E-state index contributed by atoms with van der Waals surface area (Å²) < 4.78 is -0.0757. The van der Waals surface area contributed by atoms with Crippen LogP contribution in [0.2, 0.25) is 39.3 Å². The Morgan fingerprint density at radius 1 is 0.404 bits per heavy atom. The van der Waals surface area contributed by atoms with Gasteiger partial charge in [0.15, 0.2) is 0 Å². The van der Waals surface area contributed by atoms with Gasteiger partial charge >= 0.3 is 0 Å². The molecule has 57 heavy (non-hydrogen) atoms. The van der Waals surface area contributed by atoms with Crippen LogP contribution in [-0.2, 0) is 4.66 Å². The van der Waals surface area contributed by atoms with Gasteiger partial charge in [-0.05, 0) is 118 Å². The summed E-state index contributed by atoms with van der Waals surface area (Å²) in [6, 6.07) is 63.4. The Morgan fingerprint density at radius 2 is 0.912 bits per heavy atom. The summed E-state index contributed by atoms with van der Waals surface area (Å²) in [6.07, 6.45) is 0. The zero-order valence-corrected chi connectivity index (χ0v) is 36.6. The monoisotopic (exact) mass is 772 g/mol. The van der Waals surface area contributed by atoms with E-state index in [9.17, 15) is 0 Å². The predicted octanol–water partition coefficient (Wildman–Crippen LogP) is 15.6. The summed E-state index contributed by atoms with van der Waals surface area (Å²) in [7, 11) is -4.12. The van der Waals surface area contributed by atoms with Gasteiger partial charge in [0.25, 0.3) is 0 Å². The largest absolute Gasteiger partial charge is 0.310 e. The van der Waals surface area contributed by atoms with Gasteiger partial charge in [-0.3, -0.25) is 0 Å². The Kier molecular flexibility index (Phi) is 8.91. The molecule has 0 saturated heterocycles. The SMILES string of the molecule is Cc1ccccc1N(c1ccccc1)c1ccc2c3c(ccc2c1)-c1c(cc(N(c2ccccc2)c2ccccc2C)c2ccccc12)C3([Si](C)(C)C)[Si](C)(C)C. The zero-order valence-electron chi connectivity index (χ0n) is 34.6. The number of benzene rings is 8. The van der Waals surface area contributed by atoms with Gasteiger partial charge in [-0.15, -0.1) is 0 Å². The predicted molar refractivity (Wildman–Crippen MR) is 253 cm³/mol. The second-order valence-corrected chi connectivity index (χ2v) is 28.9. The Balaban J connectivity index is 1.36. The van der Waals surface area contributed by atoms with Crippen molar-refractivity contribution in [2.24, 2.45) is 0 Å². The molecule has 4 heteroatoms.